The van der Waals surface area contributed by atoms with Gasteiger partial charge in [0.25, 0.3) is 5.56 Å². The third kappa shape index (κ3) is 2.89. The van der Waals surface area contributed by atoms with E-state index in [0.29, 0.717) is 17.6 Å². The Labute approximate surface area is 147 Å². The van der Waals surface area contributed by atoms with E-state index in [4.69, 9.17) is 10.7 Å². The first kappa shape index (κ1) is 16.9. The number of nitrogens with two attached hydrogens (primary N) is 1. The van der Waals surface area contributed by atoms with Crippen LogP contribution in [0.1, 0.15) is 31.0 Å². The number of rotatable bonds is 6. The van der Waals surface area contributed by atoms with Crippen molar-refractivity contribution >= 4 is 38.8 Å². The molecule has 126 valence electrons. The van der Waals surface area contributed by atoms with Crippen LogP contribution in [0.3, 0.4) is 0 Å². The van der Waals surface area contributed by atoms with Gasteiger partial charge in [0.05, 0.1) is 5.39 Å². The van der Waals surface area contributed by atoms with Crippen molar-refractivity contribution in [2.75, 3.05) is 0 Å². The summed E-state index contributed by atoms with van der Waals surface area (Å²) in [7, 11) is 0. The van der Waals surface area contributed by atoms with Crippen molar-refractivity contribution in [3.63, 3.8) is 0 Å². The molecular weight excluding hydrogens is 342 g/mol. The molecule has 1 amide bonds. The second-order valence-electron chi connectivity index (χ2n) is 5.47. The van der Waals surface area contributed by atoms with Gasteiger partial charge >= 0.3 is 0 Å². The Kier molecular flexibility index (Phi) is 4.82. The number of aromatic nitrogens is 2. The monoisotopic (exact) mass is 361 g/mol. The lowest BCUT2D eigenvalue weighted by atomic mass is 10.1. The first-order valence-corrected chi connectivity index (χ1v) is 9.63. The zero-order chi connectivity index (χ0) is 17.3. The molecule has 2 N–H and O–H groups in total. The molecule has 24 heavy (non-hydrogen) atoms. The average molecular weight is 361 g/mol. The SMILES string of the molecule is CCc1sc2nc(CC)n(CCC(N)=O)c(=O)c2c1-c1cccs1. The standard InChI is InChI=1S/C17H19N3O2S2/c1-3-10-14(11-6-5-9-23-11)15-16(24-10)19-13(4-2)20(17(15)22)8-7-12(18)21/h5-6,9H,3-4,7-8H2,1-2H3,(H2,18,21). The number of hydrogen-bond donors (Lipinski definition) is 1. The quantitative estimate of drug-likeness (QED) is 0.732. The number of aryl methyl sites for hydroxylation is 2. The van der Waals surface area contributed by atoms with Crippen LogP contribution in [0.4, 0.5) is 0 Å². The molecular formula is C17H19N3O2S2. The number of carbonyl (C=O) groups is 1. The molecule has 0 fully saturated rings. The van der Waals surface area contributed by atoms with Crippen molar-refractivity contribution < 1.29 is 4.79 Å². The van der Waals surface area contributed by atoms with Crippen molar-refractivity contribution in [3.05, 3.63) is 38.6 Å². The third-order valence-corrected chi connectivity index (χ3v) is 6.07. The number of thiophene rings is 2. The molecule has 0 saturated heterocycles. The summed E-state index contributed by atoms with van der Waals surface area (Å²) in [6.07, 6.45) is 1.63. The highest BCUT2D eigenvalue weighted by Crippen LogP contribution is 2.38. The van der Waals surface area contributed by atoms with Crippen LogP contribution in [-0.2, 0) is 24.2 Å². The van der Waals surface area contributed by atoms with Gasteiger partial charge < -0.3 is 5.73 Å². The molecule has 0 radical (unpaired) electrons. The van der Waals surface area contributed by atoms with Crippen LogP contribution >= 0.6 is 22.7 Å². The van der Waals surface area contributed by atoms with E-state index in [0.717, 1.165) is 21.7 Å². The molecule has 5 nitrogen and oxygen atoms in total. The number of hydrogen-bond acceptors (Lipinski definition) is 5. The number of fused-ring (bicyclic) bond motifs is 1. The van der Waals surface area contributed by atoms with E-state index in [-0.39, 0.29) is 18.5 Å². The fourth-order valence-corrected chi connectivity index (χ4v) is 4.83. The summed E-state index contributed by atoms with van der Waals surface area (Å²) in [4.78, 5) is 32.0. The van der Waals surface area contributed by atoms with E-state index in [1.54, 1.807) is 27.2 Å². The number of primary amides is 1. The predicted molar refractivity (Wildman–Crippen MR) is 99.8 cm³/mol. The van der Waals surface area contributed by atoms with Crippen molar-refractivity contribution in [1.29, 1.82) is 0 Å². The van der Waals surface area contributed by atoms with E-state index in [9.17, 15) is 9.59 Å². The van der Waals surface area contributed by atoms with Crippen molar-refractivity contribution in [2.45, 2.75) is 39.7 Å². The molecule has 0 spiro atoms. The van der Waals surface area contributed by atoms with Crippen molar-refractivity contribution in [3.8, 4) is 10.4 Å². The summed E-state index contributed by atoms with van der Waals surface area (Å²) >= 11 is 3.21. The average Bonchev–Trinajstić information content (AvgIpc) is 3.19. The molecule has 0 aliphatic rings. The Balaban J connectivity index is 2.30. The molecule has 0 atom stereocenters. The van der Waals surface area contributed by atoms with Crippen molar-refractivity contribution in [2.24, 2.45) is 5.73 Å². The molecule has 0 aliphatic heterocycles. The van der Waals surface area contributed by atoms with Crippen LogP contribution in [-0.4, -0.2) is 15.5 Å². The van der Waals surface area contributed by atoms with Crippen LogP contribution in [0.2, 0.25) is 0 Å². The molecule has 3 aromatic heterocycles. The first-order chi connectivity index (χ1) is 11.6. The molecule has 3 rings (SSSR count). The maximum absolute atomic E-state index is 13.1. The van der Waals surface area contributed by atoms with Gasteiger partial charge in [-0.05, 0) is 17.9 Å². The zero-order valence-electron chi connectivity index (χ0n) is 13.7. The van der Waals surface area contributed by atoms with Crippen LogP contribution in [0.25, 0.3) is 20.7 Å². The van der Waals surface area contributed by atoms with E-state index < -0.39 is 5.91 Å². The van der Waals surface area contributed by atoms with Gasteiger partial charge in [-0.3, -0.25) is 14.2 Å². The minimum absolute atomic E-state index is 0.0718. The van der Waals surface area contributed by atoms with Crippen molar-refractivity contribution in [1.82, 2.24) is 9.55 Å². The Morgan fingerprint density at radius 2 is 2.12 bits per heavy atom. The fraction of sp³-hybridized carbons (Fsp3) is 0.353. The van der Waals surface area contributed by atoms with Crippen LogP contribution in [0.5, 0.6) is 0 Å². The summed E-state index contributed by atoms with van der Waals surface area (Å²) < 4.78 is 1.61. The van der Waals surface area contributed by atoms with Crippen LogP contribution < -0.4 is 11.3 Å². The van der Waals surface area contributed by atoms with Gasteiger partial charge in [-0.15, -0.1) is 22.7 Å². The summed E-state index contributed by atoms with van der Waals surface area (Å²) in [5, 5.41) is 2.68. The van der Waals surface area contributed by atoms with Crippen LogP contribution in [0, 0.1) is 0 Å². The molecule has 0 saturated carbocycles. The topological polar surface area (TPSA) is 78.0 Å². The van der Waals surface area contributed by atoms with Crippen LogP contribution in [0.15, 0.2) is 22.3 Å². The highest BCUT2D eigenvalue weighted by atomic mass is 32.1. The highest BCUT2D eigenvalue weighted by molar-refractivity contribution is 7.20. The molecule has 0 bridgehead atoms. The van der Waals surface area contributed by atoms with Gasteiger partial charge in [-0.1, -0.05) is 19.9 Å². The third-order valence-electron chi connectivity index (χ3n) is 3.95. The summed E-state index contributed by atoms with van der Waals surface area (Å²) in [5.41, 5.74) is 6.18. The number of amides is 1. The Bertz CT molecular complexity index is 939. The molecule has 3 heterocycles. The molecule has 7 heteroatoms. The Morgan fingerprint density at radius 3 is 2.71 bits per heavy atom. The first-order valence-electron chi connectivity index (χ1n) is 7.94. The van der Waals surface area contributed by atoms with E-state index in [1.807, 2.05) is 24.4 Å². The largest absolute Gasteiger partial charge is 0.370 e. The zero-order valence-corrected chi connectivity index (χ0v) is 15.3. The van der Waals surface area contributed by atoms with Gasteiger partial charge in [-0.25, -0.2) is 4.98 Å². The normalized spacial score (nSPS) is 11.2. The second kappa shape index (κ2) is 6.86. The second-order valence-corrected chi connectivity index (χ2v) is 7.50. The smallest absolute Gasteiger partial charge is 0.262 e. The minimum atomic E-state index is -0.415. The van der Waals surface area contributed by atoms with Gasteiger partial charge in [0.1, 0.15) is 10.7 Å². The Hall–Kier alpha value is -1.99. The highest BCUT2D eigenvalue weighted by Gasteiger charge is 2.20. The lowest BCUT2D eigenvalue weighted by molar-refractivity contribution is -0.118. The van der Waals surface area contributed by atoms with E-state index in [2.05, 4.69) is 6.92 Å². The number of carbonyl (C=O) groups excluding carboxylic acids is 1. The van der Waals surface area contributed by atoms with E-state index in [1.165, 1.54) is 4.88 Å². The number of nitrogens with zero attached hydrogens (tertiary/aromatic N) is 2. The molecule has 0 aromatic carbocycles. The van der Waals surface area contributed by atoms with Gasteiger partial charge in [-0.2, -0.15) is 0 Å². The van der Waals surface area contributed by atoms with Gasteiger partial charge in [0, 0.05) is 34.7 Å². The lowest BCUT2D eigenvalue weighted by Gasteiger charge is -2.10. The summed E-state index contributed by atoms with van der Waals surface area (Å²) in [6, 6.07) is 4.02. The minimum Gasteiger partial charge on any atom is -0.370 e. The molecule has 0 unspecified atom stereocenters. The lowest BCUT2D eigenvalue weighted by Crippen LogP contribution is -2.27. The van der Waals surface area contributed by atoms with Gasteiger partial charge in [0.2, 0.25) is 5.91 Å². The van der Waals surface area contributed by atoms with E-state index >= 15 is 0 Å². The Morgan fingerprint density at radius 1 is 1.33 bits per heavy atom. The summed E-state index contributed by atoms with van der Waals surface area (Å²) in [5.74, 6) is 0.289. The summed E-state index contributed by atoms with van der Waals surface area (Å²) in [6.45, 7) is 4.33. The maximum Gasteiger partial charge on any atom is 0.262 e. The molecule has 3 aromatic rings. The fourth-order valence-electron chi connectivity index (χ4n) is 2.82. The maximum atomic E-state index is 13.1. The van der Waals surface area contributed by atoms with Gasteiger partial charge in [0.15, 0.2) is 0 Å². The molecule has 0 aliphatic carbocycles. The predicted octanol–water partition coefficient (Wildman–Crippen LogP) is 3.19.